The van der Waals surface area contributed by atoms with Gasteiger partial charge >= 0.3 is 0 Å². The van der Waals surface area contributed by atoms with E-state index < -0.39 is 0 Å². The zero-order valence-electron chi connectivity index (χ0n) is 14.3. The Morgan fingerprint density at radius 2 is 1.88 bits per heavy atom. The number of likely N-dealkylation sites (tertiary alicyclic amines) is 1. The van der Waals surface area contributed by atoms with Gasteiger partial charge in [0.25, 0.3) is 0 Å². The molecule has 1 aliphatic heterocycles. The summed E-state index contributed by atoms with van der Waals surface area (Å²) in [6, 6.07) is 18.7. The van der Waals surface area contributed by atoms with Gasteiger partial charge in [-0.25, -0.2) is 0 Å². The molecule has 1 fully saturated rings. The van der Waals surface area contributed by atoms with Crippen molar-refractivity contribution in [1.29, 1.82) is 0 Å². The van der Waals surface area contributed by atoms with Gasteiger partial charge in [-0.15, -0.1) is 10.2 Å². The Balaban J connectivity index is 1.48. The molecule has 1 atom stereocenters. The predicted molar refractivity (Wildman–Crippen MR) is 95.1 cm³/mol. The second-order valence-corrected chi connectivity index (χ2v) is 6.27. The fraction of sp³-hybridized carbons (Fsp3) is 0.300. The molecule has 0 bridgehead atoms. The molecule has 0 unspecified atom stereocenters. The Morgan fingerprint density at radius 3 is 2.64 bits per heavy atom. The number of hydrogen-bond acceptors (Lipinski definition) is 5. The normalized spacial score (nSPS) is 17.7. The van der Waals surface area contributed by atoms with Gasteiger partial charge in [0, 0.05) is 11.6 Å². The zero-order chi connectivity index (χ0) is 17.1. The topological polar surface area (TPSA) is 51.4 Å². The third kappa shape index (κ3) is 3.42. The Bertz CT molecular complexity index is 814. The van der Waals surface area contributed by atoms with Crippen LogP contribution >= 0.6 is 0 Å². The van der Waals surface area contributed by atoms with Gasteiger partial charge in [0.05, 0.1) is 13.7 Å². The van der Waals surface area contributed by atoms with Crippen LogP contribution in [0.4, 0.5) is 0 Å². The van der Waals surface area contributed by atoms with E-state index in [2.05, 4.69) is 45.4 Å². The highest BCUT2D eigenvalue weighted by molar-refractivity contribution is 5.53. The lowest BCUT2D eigenvalue weighted by Crippen LogP contribution is -2.22. The Labute approximate surface area is 147 Å². The summed E-state index contributed by atoms with van der Waals surface area (Å²) in [4.78, 5) is 2.42. The molecule has 1 aromatic heterocycles. The SMILES string of the molecule is COc1ccc(-c2nnc(CN3CCC[C@@H]3c3ccccc3)o2)cc1. The van der Waals surface area contributed by atoms with Gasteiger partial charge in [-0.05, 0) is 49.2 Å². The second-order valence-electron chi connectivity index (χ2n) is 6.27. The van der Waals surface area contributed by atoms with Crippen LogP contribution in [-0.4, -0.2) is 28.8 Å². The lowest BCUT2D eigenvalue weighted by atomic mass is 10.0. The number of nitrogens with zero attached hydrogens (tertiary/aromatic N) is 3. The van der Waals surface area contributed by atoms with Gasteiger partial charge in [0.2, 0.25) is 11.8 Å². The number of aromatic nitrogens is 2. The van der Waals surface area contributed by atoms with E-state index in [-0.39, 0.29) is 0 Å². The Morgan fingerprint density at radius 1 is 1.08 bits per heavy atom. The molecule has 1 saturated heterocycles. The van der Waals surface area contributed by atoms with E-state index in [1.54, 1.807) is 7.11 Å². The molecule has 3 aromatic rings. The summed E-state index contributed by atoms with van der Waals surface area (Å²) < 4.78 is 11.1. The fourth-order valence-electron chi connectivity index (χ4n) is 3.41. The van der Waals surface area contributed by atoms with E-state index >= 15 is 0 Å². The standard InChI is InChI=1S/C20H21N3O2/c1-24-17-11-9-16(10-12-17)20-22-21-19(25-20)14-23-13-5-8-18(23)15-6-3-2-4-7-15/h2-4,6-7,9-12,18H,5,8,13-14H2,1H3/t18-/m1/s1. The Hall–Kier alpha value is -2.66. The molecule has 4 rings (SSSR count). The molecule has 128 valence electrons. The van der Waals surface area contributed by atoms with Gasteiger partial charge in [0.15, 0.2) is 0 Å². The molecule has 0 amide bonds. The number of ether oxygens (including phenoxy) is 1. The molecule has 2 aromatic carbocycles. The van der Waals surface area contributed by atoms with Crippen LogP contribution in [0.1, 0.15) is 30.3 Å². The van der Waals surface area contributed by atoms with Crippen LogP contribution in [0.5, 0.6) is 5.75 Å². The van der Waals surface area contributed by atoms with Crippen LogP contribution in [0, 0.1) is 0 Å². The first-order valence-corrected chi connectivity index (χ1v) is 8.59. The van der Waals surface area contributed by atoms with E-state index in [1.165, 1.54) is 18.4 Å². The number of rotatable bonds is 5. The number of benzene rings is 2. The van der Waals surface area contributed by atoms with Crippen molar-refractivity contribution >= 4 is 0 Å². The molecular weight excluding hydrogens is 314 g/mol. The first kappa shape index (κ1) is 15.8. The number of methoxy groups -OCH3 is 1. The summed E-state index contributed by atoms with van der Waals surface area (Å²) in [7, 11) is 1.65. The zero-order valence-corrected chi connectivity index (χ0v) is 14.3. The largest absolute Gasteiger partial charge is 0.497 e. The molecule has 0 N–H and O–H groups in total. The molecule has 5 nitrogen and oxygen atoms in total. The smallest absolute Gasteiger partial charge is 0.247 e. The summed E-state index contributed by atoms with van der Waals surface area (Å²) in [6.07, 6.45) is 2.36. The highest BCUT2D eigenvalue weighted by Crippen LogP contribution is 2.33. The van der Waals surface area contributed by atoms with Crippen LogP contribution < -0.4 is 4.74 Å². The van der Waals surface area contributed by atoms with Crippen molar-refractivity contribution in [1.82, 2.24) is 15.1 Å². The summed E-state index contributed by atoms with van der Waals surface area (Å²) >= 11 is 0. The minimum atomic E-state index is 0.428. The van der Waals surface area contributed by atoms with Crippen LogP contribution in [0.2, 0.25) is 0 Å². The fourth-order valence-corrected chi connectivity index (χ4v) is 3.41. The van der Waals surface area contributed by atoms with Gasteiger partial charge in [-0.2, -0.15) is 0 Å². The maximum absolute atomic E-state index is 5.88. The summed E-state index contributed by atoms with van der Waals surface area (Å²) in [6.45, 7) is 1.74. The molecule has 5 heteroatoms. The lowest BCUT2D eigenvalue weighted by molar-refractivity contribution is 0.224. The first-order chi connectivity index (χ1) is 12.3. The van der Waals surface area contributed by atoms with Gasteiger partial charge in [-0.3, -0.25) is 4.90 Å². The molecule has 0 aliphatic carbocycles. The minimum Gasteiger partial charge on any atom is -0.497 e. The maximum atomic E-state index is 5.88. The van der Waals surface area contributed by atoms with E-state index in [9.17, 15) is 0 Å². The lowest BCUT2D eigenvalue weighted by Gasteiger charge is -2.23. The van der Waals surface area contributed by atoms with E-state index in [4.69, 9.17) is 9.15 Å². The molecule has 0 spiro atoms. The Kier molecular flexibility index (Phi) is 4.48. The summed E-state index contributed by atoms with van der Waals surface area (Å²) in [5.41, 5.74) is 2.26. The second kappa shape index (κ2) is 7.07. The van der Waals surface area contributed by atoms with E-state index in [0.29, 0.717) is 24.4 Å². The van der Waals surface area contributed by atoms with Crippen molar-refractivity contribution in [3.05, 3.63) is 66.1 Å². The summed E-state index contributed by atoms with van der Waals surface area (Å²) in [5.74, 6) is 2.02. The quantitative estimate of drug-likeness (QED) is 0.703. The highest BCUT2D eigenvalue weighted by Gasteiger charge is 2.27. The molecule has 1 aliphatic rings. The first-order valence-electron chi connectivity index (χ1n) is 8.59. The van der Waals surface area contributed by atoms with Crippen LogP contribution in [0.25, 0.3) is 11.5 Å². The number of hydrogen-bond donors (Lipinski definition) is 0. The van der Waals surface area contributed by atoms with Crippen molar-refractivity contribution in [3.8, 4) is 17.2 Å². The maximum Gasteiger partial charge on any atom is 0.247 e. The van der Waals surface area contributed by atoms with Crippen molar-refractivity contribution in [3.63, 3.8) is 0 Å². The molecule has 0 saturated carbocycles. The third-order valence-electron chi connectivity index (χ3n) is 4.69. The van der Waals surface area contributed by atoms with Crippen molar-refractivity contribution in [2.75, 3.05) is 13.7 Å². The molecule has 25 heavy (non-hydrogen) atoms. The van der Waals surface area contributed by atoms with Crippen molar-refractivity contribution in [2.24, 2.45) is 0 Å². The van der Waals surface area contributed by atoms with Crippen molar-refractivity contribution < 1.29 is 9.15 Å². The third-order valence-corrected chi connectivity index (χ3v) is 4.69. The van der Waals surface area contributed by atoms with E-state index in [0.717, 1.165) is 17.9 Å². The average Bonchev–Trinajstić information content (AvgIpc) is 3.33. The average molecular weight is 335 g/mol. The monoisotopic (exact) mass is 335 g/mol. The molecular formula is C20H21N3O2. The highest BCUT2D eigenvalue weighted by atomic mass is 16.5. The van der Waals surface area contributed by atoms with Crippen LogP contribution in [-0.2, 0) is 6.54 Å². The van der Waals surface area contributed by atoms with Gasteiger partial charge < -0.3 is 9.15 Å². The molecule has 2 heterocycles. The summed E-state index contributed by atoms with van der Waals surface area (Å²) in [5, 5.41) is 8.43. The molecule has 0 radical (unpaired) electrons. The van der Waals surface area contributed by atoms with Crippen LogP contribution in [0.15, 0.2) is 59.0 Å². The minimum absolute atomic E-state index is 0.428. The van der Waals surface area contributed by atoms with E-state index in [1.807, 2.05) is 24.3 Å². The van der Waals surface area contributed by atoms with Crippen molar-refractivity contribution in [2.45, 2.75) is 25.4 Å². The van der Waals surface area contributed by atoms with Gasteiger partial charge in [0.1, 0.15) is 5.75 Å². The van der Waals surface area contributed by atoms with Crippen LogP contribution in [0.3, 0.4) is 0 Å². The predicted octanol–water partition coefficient (Wildman–Crippen LogP) is 4.08. The van der Waals surface area contributed by atoms with Gasteiger partial charge in [-0.1, -0.05) is 30.3 Å².